The zero-order valence-corrected chi connectivity index (χ0v) is 11.7. The Labute approximate surface area is 108 Å². The number of nitrogens with zero attached hydrogens (tertiary/aromatic N) is 2. The van der Waals surface area contributed by atoms with Crippen LogP contribution in [0.5, 0.6) is 0 Å². The average Bonchev–Trinajstić information content (AvgIpc) is 2.38. The van der Waals surface area contributed by atoms with Crippen LogP contribution in [0.15, 0.2) is 0 Å². The van der Waals surface area contributed by atoms with Gasteiger partial charge in [0, 0.05) is 40.3 Å². The van der Waals surface area contributed by atoms with E-state index in [1.165, 1.54) is 0 Å². The number of nitrogens with one attached hydrogen (secondary N) is 1. The highest BCUT2D eigenvalue weighted by molar-refractivity contribution is 5.84. The van der Waals surface area contributed by atoms with Gasteiger partial charge in [0.05, 0.1) is 6.54 Å². The molecule has 104 valence electrons. The van der Waals surface area contributed by atoms with Gasteiger partial charge in [-0.2, -0.15) is 0 Å². The largest absolute Gasteiger partial charge is 0.369 e. The first-order valence-electron chi connectivity index (χ1n) is 6.18. The van der Waals surface area contributed by atoms with Crippen molar-refractivity contribution in [2.24, 2.45) is 0 Å². The molecule has 1 aliphatic heterocycles. The van der Waals surface area contributed by atoms with Gasteiger partial charge in [-0.05, 0) is 13.8 Å². The topological polar surface area (TPSA) is 61.9 Å². The van der Waals surface area contributed by atoms with Crippen LogP contribution in [0.4, 0.5) is 0 Å². The summed E-state index contributed by atoms with van der Waals surface area (Å²) in [4.78, 5) is 27.2. The molecular weight excluding hydrogens is 234 g/mol. The summed E-state index contributed by atoms with van der Waals surface area (Å²) >= 11 is 0. The molecule has 6 nitrogen and oxygen atoms in total. The molecule has 0 atom stereocenters. The molecule has 0 aromatic carbocycles. The molecule has 0 radical (unpaired) electrons. The van der Waals surface area contributed by atoms with Crippen LogP contribution in [0.3, 0.4) is 0 Å². The Balaban J connectivity index is 2.44. The standard InChI is InChI=1S/C12H23N3O3/c1-12(2,18-4)11(17)15-7-5-14(6-8-15)9-10(16)13-3/h5-9H2,1-4H3,(H,13,16). The number of ether oxygens (including phenoxy) is 1. The molecule has 0 spiro atoms. The van der Waals surface area contributed by atoms with Gasteiger partial charge in [0.2, 0.25) is 5.91 Å². The van der Waals surface area contributed by atoms with Crippen LogP contribution < -0.4 is 5.32 Å². The first kappa shape index (κ1) is 14.9. The molecule has 1 saturated heterocycles. The van der Waals surface area contributed by atoms with E-state index in [2.05, 4.69) is 5.32 Å². The lowest BCUT2D eigenvalue weighted by atomic mass is 10.1. The quantitative estimate of drug-likeness (QED) is 0.723. The van der Waals surface area contributed by atoms with Gasteiger partial charge in [-0.1, -0.05) is 0 Å². The third-order valence-electron chi connectivity index (χ3n) is 3.33. The van der Waals surface area contributed by atoms with E-state index in [4.69, 9.17) is 4.74 Å². The predicted molar refractivity (Wildman–Crippen MR) is 68.2 cm³/mol. The Bertz CT molecular complexity index is 310. The average molecular weight is 257 g/mol. The van der Waals surface area contributed by atoms with Gasteiger partial charge in [0.1, 0.15) is 5.60 Å². The van der Waals surface area contributed by atoms with Crippen LogP contribution in [-0.2, 0) is 14.3 Å². The van der Waals surface area contributed by atoms with Crippen molar-refractivity contribution in [1.29, 1.82) is 0 Å². The van der Waals surface area contributed by atoms with Crippen molar-refractivity contribution >= 4 is 11.8 Å². The number of methoxy groups -OCH3 is 1. The molecule has 18 heavy (non-hydrogen) atoms. The second-order valence-corrected chi connectivity index (χ2v) is 4.96. The monoisotopic (exact) mass is 257 g/mol. The van der Waals surface area contributed by atoms with Gasteiger partial charge >= 0.3 is 0 Å². The fraction of sp³-hybridized carbons (Fsp3) is 0.833. The molecule has 0 aromatic rings. The first-order valence-corrected chi connectivity index (χ1v) is 6.18. The molecule has 1 N–H and O–H groups in total. The maximum atomic E-state index is 12.1. The Morgan fingerprint density at radius 1 is 1.22 bits per heavy atom. The van der Waals surface area contributed by atoms with E-state index in [1.54, 1.807) is 32.9 Å². The van der Waals surface area contributed by atoms with Gasteiger partial charge < -0.3 is 15.0 Å². The number of rotatable bonds is 4. The summed E-state index contributed by atoms with van der Waals surface area (Å²) in [6, 6.07) is 0. The van der Waals surface area contributed by atoms with Crippen molar-refractivity contribution in [2.75, 3.05) is 46.9 Å². The van der Waals surface area contributed by atoms with Crippen molar-refractivity contribution < 1.29 is 14.3 Å². The highest BCUT2D eigenvalue weighted by Crippen LogP contribution is 2.14. The minimum atomic E-state index is -0.775. The van der Waals surface area contributed by atoms with Gasteiger partial charge in [-0.3, -0.25) is 14.5 Å². The summed E-state index contributed by atoms with van der Waals surface area (Å²) in [7, 11) is 3.17. The highest BCUT2D eigenvalue weighted by atomic mass is 16.5. The maximum absolute atomic E-state index is 12.1. The Morgan fingerprint density at radius 2 is 1.78 bits per heavy atom. The van der Waals surface area contributed by atoms with Crippen molar-refractivity contribution in [3.8, 4) is 0 Å². The van der Waals surface area contributed by atoms with Crippen molar-refractivity contribution in [1.82, 2.24) is 15.1 Å². The molecular formula is C12H23N3O3. The van der Waals surface area contributed by atoms with Crippen molar-refractivity contribution in [3.63, 3.8) is 0 Å². The number of hydrogen-bond acceptors (Lipinski definition) is 4. The Kier molecular flexibility index (Phi) is 5.10. The molecule has 0 bridgehead atoms. The fourth-order valence-electron chi connectivity index (χ4n) is 1.86. The third-order valence-corrected chi connectivity index (χ3v) is 3.33. The molecule has 1 aliphatic rings. The van der Waals surface area contributed by atoms with Gasteiger partial charge in [-0.25, -0.2) is 0 Å². The van der Waals surface area contributed by atoms with E-state index in [0.29, 0.717) is 19.6 Å². The maximum Gasteiger partial charge on any atom is 0.254 e. The number of piperazine rings is 1. The summed E-state index contributed by atoms with van der Waals surface area (Å²) in [5.74, 6) is 0.0107. The summed E-state index contributed by atoms with van der Waals surface area (Å²) < 4.78 is 5.19. The second kappa shape index (κ2) is 6.15. The minimum Gasteiger partial charge on any atom is -0.369 e. The minimum absolute atomic E-state index is 0.00425. The van der Waals surface area contributed by atoms with E-state index >= 15 is 0 Å². The van der Waals surface area contributed by atoms with Crippen LogP contribution in [0.2, 0.25) is 0 Å². The zero-order valence-electron chi connectivity index (χ0n) is 11.7. The molecule has 0 saturated carbocycles. The molecule has 0 unspecified atom stereocenters. The smallest absolute Gasteiger partial charge is 0.254 e. The number of carbonyl (C=O) groups excluding carboxylic acids is 2. The normalized spacial score (nSPS) is 17.7. The lowest BCUT2D eigenvalue weighted by molar-refractivity contribution is -0.152. The van der Waals surface area contributed by atoms with E-state index in [-0.39, 0.29) is 11.8 Å². The number of carbonyl (C=O) groups is 2. The summed E-state index contributed by atoms with van der Waals surface area (Å²) in [6.45, 7) is 6.66. The van der Waals surface area contributed by atoms with Crippen molar-refractivity contribution in [3.05, 3.63) is 0 Å². The van der Waals surface area contributed by atoms with Gasteiger partial charge in [0.15, 0.2) is 0 Å². The van der Waals surface area contributed by atoms with Crippen LogP contribution >= 0.6 is 0 Å². The van der Waals surface area contributed by atoms with Crippen LogP contribution in [-0.4, -0.2) is 74.1 Å². The summed E-state index contributed by atoms with van der Waals surface area (Å²) in [6.07, 6.45) is 0. The first-order chi connectivity index (χ1) is 8.40. The Hall–Kier alpha value is -1.14. The van der Waals surface area contributed by atoms with Crippen LogP contribution in [0, 0.1) is 0 Å². The molecule has 0 aliphatic carbocycles. The number of hydrogen-bond donors (Lipinski definition) is 1. The summed E-state index contributed by atoms with van der Waals surface area (Å²) in [5, 5.41) is 2.60. The van der Waals surface area contributed by atoms with Gasteiger partial charge in [0.25, 0.3) is 5.91 Å². The second-order valence-electron chi connectivity index (χ2n) is 4.96. The summed E-state index contributed by atoms with van der Waals surface area (Å²) in [5.41, 5.74) is -0.775. The molecule has 1 fully saturated rings. The van der Waals surface area contributed by atoms with Crippen molar-refractivity contribution in [2.45, 2.75) is 19.4 Å². The lowest BCUT2D eigenvalue weighted by Gasteiger charge is -2.37. The van der Waals surface area contributed by atoms with E-state index in [9.17, 15) is 9.59 Å². The van der Waals surface area contributed by atoms with Gasteiger partial charge in [-0.15, -0.1) is 0 Å². The highest BCUT2D eigenvalue weighted by Gasteiger charge is 2.33. The van der Waals surface area contributed by atoms with Crippen LogP contribution in [0.1, 0.15) is 13.8 Å². The molecule has 2 amide bonds. The van der Waals surface area contributed by atoms with E-state index in [1.807, 2.05) is 4.90 Å². The molecule has 0 aromatic heterocycles. The SMILES string of the molecule is CNC(=O)CN1CCN(C(=O)C(C)(C)OC)CC1. The van der Waals surface area contributed by atoms with E-state index in [0.717, 1.165) is 13.1 Å². The van der Waals surface area contributed by atoms with E-state index < -0.39 is 5.60 Å². The molecule has 6 heteroatoms. The number of likely N-dealkylation sites (N-methyl/N-ethyl adjacent to an activating group) is 1. The molecule has 1 rings (SSSR count). The Morgan fingerprint density at radius 3 is 2.22 bits per heavy atom. The zero-order chi connectivity index (χ0) is 13.8. The fourth-order valence-corrected chi connectivity index (χ4v) is 1.86. The third kappa shape index (κ3) is 3.68. The number of amides is 2. The van der Waals surface area contributed by atoms with Crippen LogP contribution in [0.25, 0.3) is 0 Å². The molecule has 1 heterocycles. The predicted octanol–water partition coefficient (Wildman–Crippen LogP) is -0.698. The lowest BCUT2D eigenvalue weighted by Crippen LogP contribution is -2.55.